The molecule has 0 atom stereocenters. The highest BCUT2D eigenvalue weighted by atomic mass is 16.5. The molecule has 32 heavy (non-hydrogen) atoms. The van der Waals surface area contributed by atoms with Crippen LogP contribution in [0.1, 0.15) is 68.3 Å². The van der Waals surface area contributed by atoms with Gasteiger partial charge in [-0.1, -0.05) is 63.8 Å². The topological polar surface area (TPSA) is 61.3 Å². The Morgan fingerprint density at radius 1 is 0.812 bits per heavy atom. The first kappa shape index (κ1) is 23.5. The van der Waals surface area contributed by atoms with Gasteiger partial charge in [0.25, 0.3) is 0 Å². The van der Waals surface area contributed by atoms with Crippen molar-refractivity contribution in [3.63, 3.8) is 0 Å². The number of benzene rings is 2. The third-order valence-corrected chi connectivity index (χ3v) is 5.25. The number of carbonyl (C=O) groups is 1. The normalized spacial score (nSPS) is 10.7. The van der Waals surface area contributed by atoms with E-state index in [0.29, 0.717) is 12.2 Å². The van der Waals surface area contributed by atoms with E-state index in [-0.39, 0.29) is 5.88 Å². The second-order valence-electron chi connectivity index (χ2n) is 7.86. The van der Waals surface area contributed by atoms with Crippen LogP contribution in [0.25, 0.3) is 11.3 Å². The van der Waals surface area contributed by atoms with Gasteiger partial charge < -0.3 is 9.47 Å². The van der Waals surface area contributed by atoms with Crippen LogP contribution in [0.3, 0.4) is 0 Å². The first-order valence-corrected chi connectivity index (χ1v) is 11.6. The van der Waals surface area contributed by atoms with Crippen LogP contribution in [-0.4, -0.2) is 22.5 Å². The summed E-state index contributed by atoms with van der Waals surface area (Å²) in [6.07, 6.45) is 11.3. The maximum absolute atomic E-state index is 12.4. The largest absolute Gasteiger partial charge is 0.494 e. The molecule has 0 saturated carbocycles. The molecule has 1 heterocycles. The van der Waals surface area contributed by atoms with Gasteiger partial charge in [0.1, 0.15) is 5.75 Å². The third-order valence-electron chi connectivity index (χ3n) is 5.25. The van der Waals surface area contributed by atoms with Gasteiger partial charge in [-0.2, -0.15) is 0 Å². The van der Waals surface area contributed by atoms with E-state index in [1.54, 1.807) is 30.5 Å². The number of hydrogen-bond acceptors (Lipinski definition) is 5. The zero-order chi connectivity index (χ0) is 22.6. The fourth-order valence-electron chi connectivity index (χ4n) is 3.29. The second kappa shape index (κ2) is 12.6. The fraction of sp³-hybridized carbons (Fsp3) is 0.370. The molecule has 0 aliphatic carbocycles. The van der Waals surface area contributed by atoms with Crippen LogP contribution in [0, 0.1) is 0 Å². The summed E-state index contributed by atoms with van der Waals surface area (Å²) in [5.41, 5.74) is 3.51. The molecule has 5 heteroatoms. The number of nitrogens with zero attached hydrogens (tertiary/aromatic N) is 2. The van der Waals surface area contributed by atoms with Gasteiger partial charge in [-0.15, -0.1) is 0 Å². The smallest absolute Gasteiger partial charge is 0.344 e. The van der Waals surface area contributed by atoms with Crippen molar-refractivity contribution in [2.75, 3.05) is 6.61 Å². The number of esters is 1. The first-order valence-electron chi connectivity index (χ1n) is 11.6. The van der Waals surface area contributed by atoms with Crippen LogP contribution in [0.15, 0.2) is 60.9 Å². The zero-order valence-electron chi connectivity index (χ0n) is 19.0. The van der Waals surface area contributed by atoms with E-state index in [9.17, 15) is 4.79 Å². The molecular weight excluding hydrogens is 400 g/mol. The van der Waals surface area contributed by atoms with Gasteiger partial charge >= 0.3 is 5.97 Å². The molecule has 3 rings (SSSR count). The molecule has 168 valence electrons. The lowest BCUT2D eigenvalue weighted by molar-refractivity contribution is 0.0727. The minimum Gasteiger partial charge on any atom is -0.494 e. The first-order chi connectivity index (χ1) is 15.7. The van der Waals surface area contributed by atoms with E-state index in [2.05, 4.69) is 48.1 Å². The monoisotopic (exact) mass is 432 g/mol. The highest BCUT2D eigenvalue weighted by molar-refractivity contribution is 5.90. The molecule has 3 aromatic rings. The summed E-state index contributed by atoms with van der Waals surface area (Å²) in [5.74, 6) is 0.445. The highest BCUT2D eigenvalue weighted by Gasteiger charge is 2.11. The van der Waals surface area contributed by atoms with Gasteiger partial charge in [-0.05, 0) is 49.1 Å². The van der Waals surface area contributed by atoms with Crippen LogP contribution < -0.4 is 9.47 Å². The Hall–Kier alpha value is -3.21. The summed E-state index contributed by atoms with van der Waals surface area (Å²) in [6.45, 7) is 5.01. The van der Waals surface area contributed by atoms with Crippen molar-refractivity contribution in [1.29, 1.82) is 0 Å². The summed E-state index contributed by atoms with van der Waals surface area (Å²) < 4.78 is 11.0. The molecule has 1 aromatic heterocycles. The van der Waals surface area contributed by atoms with Crippen molar-refractivity contribution in [3.05, 3.63) is 72.1 Å². The van der Waals surface area contributed by atoms with Crippen LogP contribution in [0.2, 0.25) is 0 Å². The maximum Gasteiger partial charge on any atom is 0.344 e. The quantitative estimate of drug-likeness (QED) is 0.236. The Morgan fingerprint density at radius 2 is 1.56 bits per heavy atom. The van der Waals surface area contributed by atoms with E-state index < -0.39 is 5.97 Å². The summed E-state index contributed by atoms with van der Waals surface area (Å²) in [5, 5.41) is 0. The molecule has 0 saturated heterocycles. The van der Waals surface area contributed by atoms with E-state index >= 15 is 0 Å². The van der Waals surface area contributed by atoms with Crippen LogP contribution in [0.4, 0.5) is 0 Å². The summed E-state index contributed by atoms with van der Waals surface area (Å²) in [4.78, 5) is 21.0. The molecule has 0 aliphatic heterocycles. The lowest BCUT2D eigenvalue weighted by Crippen LogP contribution is -2.09. The van der Waals surface area contributed by atoms with Gasteiger partial charge in [-0.25, -0.2) is 14.8 Å². The summed E-state index contributed by atoms with van der Waals surface area (Å²) in [7, 11) is 0. The number of aryl methyl sites for hydroxylation is 1. The Kier molecular flexibility index (Phi) is 9.23. The lowest BCUT2D eigenvalue weighted by atomic mass is 10.0. The number of aromatic nitrogens is 2. The van der Waals surface area contributed by atoms with Gasteiger partial charge in [0.2, 0.25) is 5.88 Å². The molecule has 0 fully saturated rings. The van der Waals surface area contributed by atoms with Crippen molar-refractivity contribution in [2.45, 2.75) is 58.8 Å². The number of unbranched alkanes of at least 4 members (excludes halogenated alkanes) is 4. The van der Waals surface area contributed by atoms with Crippen molar-refractivity contribution < 1.29 is 14.3 Å². The molecule has 2 aromatic carbocycles. The van der Waals surface area contributed by atoms with E-state index in [4.69, 9.17) is 9.47 Å². The Balaban J connectivity index is 1.53. The Morgan fingerprint density at radius 3 is 2.22 bits per heavy atom. The molecule has 0 radical (unpaired) electrons. The Labute approximate surface area is 190 Å². The van der Waals surface area contributed by atoms with Crippen LogP contribution in [0.5, 0.6) is 11.6 Å². The summed E-state index contributed by atoms with van der Waals surface area (Å²) >= 11 is 0. The van der Waals surface area contributed by atoms with Crippen LogP contribution in [-0.2, 0) is 6.42 Å². The molecule has 0 unspecified atom stereocenters. The average molecular weight is 433 g/mol. The molecule has 0 N–H and O–H groups in total. The fourth-order valence-corrected chi connectivity index (χ4v) is 3.29. The number of hydrogen-bond donors (Lipinski definition) is 0. The maximum atomic E-state index is 12.4. The zero-order valence-corrected chi connectivity index (χ0v) is 19.0. The summed E-state index contributed by atoms with van der Waals surface area (Å²) in [6, 6.07) is 15.3. The molecular formula is C27H32N2O3. The number of ether oxygens (including phenoxy) is 2. The SMILES string of the molecule is CCCCCCc1ccc(-c2cnc(OC(=O)c3ccc(OCCCC)cc3)cn2)cc1. The minimum absolute atomic E-state index is 0.176. The Bertz CT molecular complexity index is 952. The molecule has 0 spiro atoms. The van der Waals surface area contributed by atoms with Gasteiger partial charge in [0.05, 0.1) is 30.3 Å². The molecule has 0 amide bonds. The van der Waals surface area contributed by atoms with Crippen molar-refractivity contribution in [3.8, 4) is 22.9 Å². The molecule has 5 nitrogen and oxygen atoms in total. The van der Waals surface area contributed by atoms with E-state index in [0.717, 1.165) is 36.3 Å². The standard InChI is InChI=1S/C27H32N2O3/c1-3-5-7-8-9-21-10-12-22(13-11-21)25-19-29-26(20-28-25)32-27(30)23-14-16-24(17-15-23)31-18-6-4-2/h10-17,19-20H,3-9,18H2,1-2H3. The van der Waals surface area contributed by atoms with Gasteiger partial charge in [0.15, 0.2) is 0 Å². The minimum atomic E-state index is -0.473. The highest BCUT2D eigenvalue weighted by Crippen LogP contribution is 2.20. The predicted molar refractivity (Wildman–Crippen MR) is 127 cm³/mol. The van der Waals surface area contributed by atoms with Crippen molar-refractivity contribution in [2.24, 2.45) is 0 Å². The second-order valence-corrected chi connectivity index (χ2v) is 7.86. The van der Waals surface area contributed by atoms with E-state index in [1.807, 2.05) is 0 Å². The predicted octanol–water partition coefficient (Wildman–Crippen LogP) is 6.66. The van der Waals surface area contributed by atoms with Crippen molar-refractivity contribution >= 4 is 5.97 Å². The average Bonchev–Trinajstić information content (AvgIpc) is 2.83. The molecule has 0 aliphatic rings. The van der Waals surface area contributed by atoms with Crippen molar-refractivity contribution in [1.82, 2.24) is 9.97 Å². The third kappa shape index (κ3) is 7.19. The lowest BCUT2D eigenvalue weighted by Gasteiger charge is -2.07. The van der Waals surface area contributed by atoms with Crippen LogP contribution >= 0.6 is 0 Å². The van der Waals surface area contributed by atoms with Gasteiger partial charge in [0, 0.05) is 5.56 Å². The number of rotatable bonds is 12. The van der Waals surface area contributed by atoms with E-state index in [1.165, 1.54) is 37.4 Å². The number of carbonyl (C=O) groups excluding carboxylic acids is 1. The van der Waals surface area contributed by atoms with Gasteiger partial charge in [-0.3, -0.25) is 0 Å². The molecule has 0 bridgehead atoms.